The second kappa shape index (κ2) is 7.58. The third-order valence-electron chi connectivity index (χ3n) is 4.53. The van der Waals surface area contributed by atoms with Crippen LogP contribution in [0.1, 0.15) is 45.6 Å². The number of hydrogen-bond acceptors (Lipinski definition) is 5. The van der Waals surface area contributed by atoms with Gasteiger partial charge in [-0.15, -0.1) is 0 Å². The maximum atomic E-state index is 12.3. The number of amides is 2. The van der Waals surface area contributed by atoms with Crippen LogP contribution in [-0.2, 0) is 9.53 Å². The summed E-state index contributed by atoms with van der Waals surface area (Å²) in [4.78, 5) is 30.4. The van der Waals surface area contributed by atoms with Crippen LogP contribution < -0.4 is 5.32 Å². The molecule has 2 aromatic rings. The molecule has 0 spiro atoms. The Kier molecular flexibility index (Phi) is 5.39. The summed E-state index contributed by atoms with van der Waals surface area (Å²) in [5, 5.41) is 2.74. The third kappa shape index (κ3) is 5.21. The molecule has 0 unspecified atom stereocenters. The number of nitrogens with zero attached hydrogens (tertiary/aromatic N) is 2. The Balaban J connectivity index is 1.48. The summed E-state index contributed by atoms with van der Waals surface area (Å²) >= 11 is 0. The summed E-state index contributed by atoms with van der Waals surface area (Å²) in [6, 6.07) is 5.95. The first kappa shape index (κ1) is 19.2. The lowest BCUT2D eigenvalue weighted by Crippen LogP contribution is -2.42. The van der Waals surface area contributed by atoms with Crippen molar-refractivity contribution in [2.45, 2.75) is 52.6 Å². The van der Waals surface area contributed by atoms with Gasteiger partial charge in [-0.05, 0) is 64.2 Å². The molecule has 1 fully saturated rings. The summed E-state index contributed by atoms with van der Waals surface area (Å²) in [6.07, 6.45) is 1.66. The van der Waals surface area contributed by atoms with Crippen LogP contribution >= 0.6 is 0 Å². The largest absolute Gasteiger partial charge is 0.444 e. The first-order valence-corrected chi connectivity index (χ1v) is 9.34. The van der Waals surface area contributed by atoms with E-state index in [0.717, 1.165) is 23.9 Å². The van der Waals surface area contributed by atoms with Gasteiger partial charge in [-0.3, -0.25) is 10.1 Å². The second-order valence-electron chi connectivity index (χ2n) is 8.15. The van der Waals surface area contributed by atoms with Crippen LogP contribution in [0.4, 0.5) is 10.8 Å². The Bertz CT molecular complexity index is 829. The fraction of sp³-hybridized carbons (Fsp3) is 0.550. The van der Waals surface area contributed by atoms with Gasteiger partial charge in [-0.2, -0.15) is 4.98 Å². The Hall–Kier alpha value is -2.57. The van der Waals surface area contributed by atoms with Crippen molar-refractivity contribution in [1.29, 1.82) is 0 Å². The molecule has 1 aromatic carbocycles. The molecule has 1 aliphatic rings. The van der Waals surface area contributed by atoms with Gasteiger partial charge in [-0.1, -0.05) is 6.07 Å². The van der Waals surface area contributed by atoms with Gasteiger partial charge in [0.1, 0.15) is 11.1 Å². The van der Waals surface area contributed by atoms with Crippen molar-refractivity contribution in [3.05, 3.63) is 23.8 Å². The molecule has 0 atom stereocenters. The van der Waals surface area contributed by atoms with Crippen molar-refractivity contribution >= 4 is 29.1 Å². The molecule has 0 aliphatic carbocycles. The minimum atomic E-state index is -0.494. The standard InChI is InChI=1S/C20H27N3O4/c1-13-5-6-15-16(11-13)26-18(21-15)22-17(24)12-14-7-9-23(10-8-14)19(25)27-20(2,3)4/h5-6,11,14H,7-10,12H2,1-4H3,(H,21,22,24). The Morgan fingerprint density at radius 3 is 2.67 bits per heavy atom. The smallest absolute Gasteiger partial charge is 0.410 e. The van der Waals surface area contributed by atoms with E-state index in [-0.39, 0.29) is 23.9 Å². The van der Waals surface area contributed by atoms with Crippen LogP contribution in [0, 0.1) is 12.8 Å². The molecule has 2 heterocycles. The van der Waals surface area contributed by atoms with Crippen molar-refractivity contribution in [2.75, 3.05) is 18.4 Å². The zero-order valence-corrected chi connectivity index (χ0v) is 16.4. The van der Waals surface area contributed by atoms with Crippen molar-refractivity contribution in [3.8, 4) is 0 Å². The highest BCUT2D eigenvalue weighted by molar-refractivity contribution is 5.90. The molecule has 2 amide bonds. The van der Waals surface area contributed by atoms with E-state index in [1.54, 1.807) is 4.90 Å². The van der Waals surface area contributed by atoms with Gasteiger partial charge in [0.25, 0.3) is 0 Å². The van der Waals surface area contributed by atoms with Crippen LogP contribution in [-0.4, -0.2) is 40.6 Å². The van der Waals surface area contributed by atoms with Crippen LogP contribution in [0.2, 0.25) is 0 Å². The number of ether oxygens (including phenoxy) is 1. The third-order valence-corrected chi connectivity index (χ3v) is 4.53. The summed E-state index contributed by atoms with van der Waals surface area (Å²) in [6.45, 7) is 8.76. The topological polar surface area (TPSA) is 84.7 Å². The molecule has 1 N–H and O–H groups in total. The van der Waals surface area contributed by atoms with E-state index in [9.17, 15) is 9.59 Å². The summed E-state index contributed by atoms with van der Waals surface area (Å²) in [5.41, 5.74) is 1.97. The molecule has 27 heavy (non-hydrogen) atoms. The van der Waals surface area contributed by atoms with Crippen LogP contribution in [0.15, 0.2) is 22.6 Å². The van der Waals surface area contributed by atoms with Crippen molar-refractivity contribution in [2.24, 2.45) is 5.92 Å². The Morgan fingerprint density at radius 1 is 1.30 bits per heavy atom. The fourth-order valence-electron chi connectivity index (χ4n) is 3.16. The molecule has 3 rings (SSSR count). The SMILES string of the molecule is Cc1ccc2nc(NC(=O)CC3CCN(C(=O)OC(C)(C)C)CC3)oc2c1. The molecule has 0 radical (unpaired) electrons. The van der Waals surface area contributed by atoms with Gasteiger partial charge in [-0.25, -0.2) is 4.79 Å². The van der Waals surface area contributed by atoms with Crippen LogP contribution in [0.5, 0.6) is 0 Å². The average Bonchev–Trinajstić information content (AvgIpc) is 2.94. The summed E-state index contributed by atoms with van der Waals surface area (Å²) < 4.78 is 11.0. The number of aromatic nitrogens is 1. The maximum absolute atomic E-state index is 12.3. The predicted molar refractivity (Wildman–Crippen MR) is 103 cm³/mol. The number of benzene rings is 1. The first-order chi connectivity index (χ1) is 12.7. The lowest BCUT2D eigenvalue weighted by molar-refractivity contribution is -0.117. The van der Waals surface area contributed by atoms with Crippen molar-refractivity contribution in [1.82, 2.24) is 9.88 Å². The molecule has 7 heteroatoms. The molecule has 1 aromatic heterocycles. The second-order valence-corrected chi connectivity index (χ2v) is 8.15. The number of oxazole rings is 1. The van der Waals surface area contributed by atoms with E-state index < -0.39 is 5.60 Å². The Labute approximate surface area is 159 Å². The number of hydrogen-bond donors (Lipinski definition) is 1. The first-order valence-electron chi connectivity index (χ1n) is 9.34. The molecule has 7 nitrogen and oxygen atoms in total. The number of aryl methyl sites for hydroxylation is 1. The van der Waals surface area contributed by atoms with E-state index in [1.165, 1.54) is 0 Å². The number of carbonyl (C=O) groups excluding carboxylic acids is 2. The van der Waals surface area contributed by atoms with E-state index >= 15 is 0 Å². The number of nitrogens with one attached hydrogen (secondary N) is 1. The number of carbonyl (C=O) groups is 2. The number of likely N-dealkylation sites (tertiary alicyclic amines) is 1. The number of rotatable bonds is 3. The van der Waals surface area contributed by atoms with Crippen LogP contribution in [0.3, 0.4) is 0 Å². The molecule has 1 aliphatic heterocycles. The van der Waals surface area contributed by atoms with Crippen LogP contribution in [0.25, 0.3) is 11.1 Å². The highest BCUT2D eigenvalue weighted by Crippen LogP contribution is 2.24. The maximum Gasteiger partial charge on any atom is 0.410 e. The molecule has 1 saturated heterocycles. The predicted octanol–water partition coefficient (Wildman–Crippen LogP) is 4.11. The minimum Gasteiger partial charge on any atom is -0.444 e. The minimum absolute atomic E-state index is 0.117. The van der Waals surface area contributed by atoms with Gasteiger partial charge in [0.15, 0.2) is 5.58 Å². The number of piperidine rings is 1. The van der Waals surface area contributed by atoms with Gasteiger partial charge < -0.3 is 14.1 Å². The zero-order valence-electron chi connectivity index (χ0n) is 16.4. The average molecular weight is 373 g/mol. The van der Waals surface area contributed by atoms with E-state index in [4.69, 9.17) is 9.15 Å². The zero-order chi connectivity index (χ0) is 19.6. The lowest BCUT2D eigenvalue weighted by atomic mass is 9.93. The highest BCUT2D eigenvalue weighted by atomic mass is 16.6. The van der Waals surface area contributed by atoms with Gasteiger partial charge >= 0.3 is 12.1 Å². The normalized spacial score (nSPS) is 15.8. The molecule has 0 saturated carbocycles. The number of fused-ring (bicyclic) bond motifs is 1. The highest BCUT2D eigenvalue weighted by Gasteiger charge is 2.28. The monoisotopic (exact) mass is 373 g/mol. The molecular formula is C20H27N3O4. The van der Waals surface area contributed by atoms with Gasteiger partial charge in [0.05, 0.1) is 0 Å². The lowest BCUT2D eigenvalue weighted by Gasteiger charge is -2.33. The van der Waals surface area contributed by atoms with E-state index in [0.29, 0.717) is 25.1 Å². The quantitative estimate of drug-likeness (QED) is 0.875. The number of anilines is 1. The molecule has 146 valence electrons. The molecular weight excluding hydrogens is 346 g/mol. The van der Waals surface area contributed by atoms with Gasteiger partial charge in [0, 0.05) is 19.5 Å². The Morgan fingerprint density at radius 2 is 2.00 bits per heavy atom. The van der Waals surface area contributed by atoms with Crippen molar-refractivity contribution < 1.29 is 18.7 Å². The van der Waals surface area contributed by atoms with E-state index in [2.05, 4.69) is 10.3 Å². The summed E-state index contributed by atoms with van der Waals surface area (Å²) in [5.74, 6) is 0.115. The summed E-state index contributed by atoms with van der Waals surface area (Å²) in [7, 11) is 0. The fourth-order valence-corrected chi connectivity index (χ4v) is 3.16. The van der Waals surface area contributed by atoms with Gasteiger partial charge in [0.2, 0.25) is 5.91 Å². The molecule has 0 bridgehead atoms. The van der Waals surface area contributed by atoms with Crippen molar-refractivity contribution in [3.63, 3.8) is 0 Å². The van der Waals surface area contributed by atoms with E-state index in [1.807, 2.05) is 45.9 Å².